The van der Waals surface area contributed by atoms with Crippen molar-refractivity contribution in [2.45, 2.75) is 131 Å². The molecule has 0 radical (unpaired) electrons. The SMILES string of the molecule is C=C(C)[C@@H]1CC[C@]2(C(=O)N3CCCC3c3ncc(-c4cccs4)[nH]3)CC[C@]3(C)[C@H](CC[C@@H]4[C@@]5(C)CC[C@H](O)C(C)(C)[C@@H]5CC[C@]43C)C12. The van der Waals surface area contributed by atoms with Gasteiger partial charge >= 0.3 is 0 Å². The topological polar surface area (TPSA) is 69.2 Å². The van der Waals surface area contributed by atoms with Gasteiger partial charge in [-0.1, -0.05) is 52.8 Å². The van der Waals surface area contributed by atoms with Gasteiger partial charge in [-0.2, -0.15) is 0 Å². The Morgan fingerprint density at radius 3 is 2.53 bits per heavy atom. The molecular weight excluding hydrogens is 599 g/mol. The average molecular weight is 658 g/mol. The number of rotatable bonds is 4. The van der Waals surface area contributed by atoms with E-state index in [1.54, 1.807) is 11.3 Å². The Labute approximate surface area is 287 Å². The van der Waals surface area contributed by atoms with Crippen LogP contribution in [-0.2, 0) is 4.79 Å². The number of aliphatic hydroxyl groups excluding tert-OH is 1. The second-order valence-electron chi connectivity index (χ2n) is 18.5. The number of aliphatic hydroxyl groups is 1. The quantitative estimate of drug-likeness (QED) is 0.322. The van der Waals surface area contributed by atoms with Gasteiger partial charge in [-0.05, 0) is 147 Å². The second-order valence-corrected chi connectivity index (χ2v) is 19.5. The monoisotopic (exact) mass is 657 g/mol. The highest BCUT2D eigenvalue weighted by Crippen LogP contribution is 2.77. The lowest BCUT2D eigenvalue weighted by molar-refractivity contribution is -0.247. The lowest BCUT2D eigenvalue weighted by atomic mass is 9.32. The Morgan fingerprint density at radius 2 is 1.79 bits per heavy atom. The summed E-state index contributed by atoms with van der Waals surface area (Å²) in [5.74, 6) is 3.98. The van der Waals surface area contributed by atoms with E-state index in [0.29, 0.717) is 35.5 Å². The molecule has 256 valence electrons. The molecule has 0 bridgehead atoms. The predicted molar refractivity (Wildman–Crippen MR) is 191 cm³/mol. The molecule has 6 heteroatoms. The summed E-state index contributed by atoms with van der Waals surface area (Å²) >= 11 is 1.73. The Kier molecular flexibility index (Phi) is 7.41. The van der Waals surface area contributed by atoms with Crippen LogP contribution in [0.1, 0.15) is 130 Å². The number of hydrogen-bond donors (Lipinski definition) is 2. The number of amides is 1. The largest absolute Gasteiger partial charge is 0.393 e. The van der Waals surface area contributed by atoms with Crippen LogP contribution in [-0.4, -0.2) is 38.5 Å². The van der Waals surface area contributed by atoms with Crippen molar-refractivity contribution < 1.29 is 9.90 Å². The summed E-state index contributed by atoms with van der Waals surface area (Å²) in [7, 11) is 0. The number of carbonyl (C=O) groups is 1. The van der Waals surface area contributed by atoms with E-state index >= 15 is 4.79 Å². The van der Waals surface area contributed by atoms with Gasteiger partial charge < -0.3 is 15.0 Å². The van der Waals surface area contributed by atoms with Crippen molar-refractivity contribution in [3.63, 3.8) is 0 Å². The zero-order valence-electron chi connectivity index (χ0n) is 29.9. The highest BCUT2D eigenvalue weighted by atomic mass is 32.1. The number of nitrogens with zero attached hydrogens (tertiary/aromatic N) is 2. The van der Waals surface area contributed by atoms with Crippen LogP contribution < -0.4 is 0 Å². The van der Waals surface area contributed by atoms with Crippen LogP contribution in [0, 0.1) is 56.7 Å². The lowest BCUT2D eigenvalue weighted by Gasteiger charge is -2.73. The number of aromatic nitrogens is 2. The first kappa shape index (κ1) is 32.3. The van der Waals surface area contributed by atoms with Crippen LogP contribution in [0.25, 0.3) is 10.6 Å². The van der Waals surface area contributed by atoms with Gasteiger partial charge in [-0.25, -0.2) is 4.98 Å². The number of nitrogens with one attached hydrogen (secondary N) is 1. The number of thiophene rings is 1. The summed E-state index contributed by atoms with van der Waals surface area (Å²) in [6.07, 6.45) is 15.2. The maximum atomic E-state index is 15.3. The molecule has 2 aromatic rings. The Hall–Kier alpha value is -1.92. The maximum Gasteiger partial charge on any atom is 0.229 e. The number of fused-ring (bicyclic) bond motifs is 7. The molecule has 3 heterocycles. The lowest BCUT2D eigenvalue weighted by Crippen LogP contribution is -2.67. The third-order valence-electron chi connectivity index (χ3n) is 16.7. The van der Waals surface area contributed by atoms with Crippen LogP contribution in [0.2, 0.25) is 0 Å². The minimum Gasteiger partial charge on any atom is -0.393 e. The summed E-state index contributed by atoms with van der Waals surface area (Å²) in [5.41, 5.74) is 2.76. The van der Waals surface area contributed by atoms with E-state index in [1.165, 1.54) is 36.1 Å². The molecule has 2 N–H and O–H groups in total. The van der Waals surface area contributed by atoms with Crippen LogP contribution in [0.5, 0.6) is 0 Å². The molecule has 6 aliphatic rings. The molecule has 0 aromatic carbocycles. The van der Waals surface area contributed by atoms with Crippen molar-refractivity contribution >= 4 is 17.2 Å². The standard InChI is InChI=1S/C41H59N3O2S/c1-25(2)26-14-19-41(36(46)44-22-8-10-29(44)35-42-24-28(43-35)30-11-9-23-47-30)21-20-39(6)27(34(26)41)12-13-32-38(5)17-16-33(45)37(3,4)31(38)15-18-40(32,39)7/h9,11,23-24,26-27,29,31-34,45H,1,8,10,12-22H2,2-7H3,(H,42,43)/t26-,27+,29?,31-,32+,33-,34?,38-,39+,40+,41-/m0/s1. The Bertz CT molecular complexity index is 1540. The first-order valence-electron chi connectivity index (χ1n) is 19.0. The smallest absolute Gasteiger partial charge is 0.229 e. The zero-order valence-corrected chi connectivity index (χ0v) is 30.7. The molecule has 1 saturated heterocycles. The summed E-state index contributed by atoms with van der Waals surface area (Å²) in [6.45, 7) is 20.4. The van der Waals surface area contributed by atoms with Gasteiger partial charge in [0.25, 0.3) is 0 Å². The first-order valence-corrected chi connectivity index (χ1v) is 19.9. The average Bonchev–Trinajstić information content (AvgIpc) is 3.85. The minimum atomic E-state index is -0.291. The van der Waals surface area contributed by atoms with Crippen molar-refractivity contribution in [3.05, 3.63) is 41.7 Å². The van der Waals surface area contributed by atoms with E-state index in [-0.39, 0.29) is 39.2 Å². The van der Waals surface area contributed by atoms with Crippen LogP contribution in [0.15, 0.2) is 35.9 Å². The summed E-state index contributed by atoms with van der Waals surface area (Å²) < 4.78 is 0. The normalized spacial score (nSPS) is 45.5. The number of likely N-dealkylation sites (tertiary alicyclic amines) is 1. The molecule has 11 atom stereocenters. The van der Waals surface area contributed by atoms with E-state index in [0.717, 1.165) is 69.4 Å². The maximum absolute atomic E-state index is 15.3. The molecule has 8 rings (SSSR count). The van der Waals surface area contributed by atoms with E-state index < -0.39 is 0 Å². The number of allylic oxidation sites excluding steroid dienone is 1. The van der Waals surface area contributed by atoms with Crippen molar-refractivity contribution in [1.29, 1.82) is 0 Å². The molecule has 5 nitrogen and oxygen atoms in total. The fourth-order valence-corrected chi connectivity index (χ4v) is 14.8. The van der Waals surface area contributed by atoms with Crippen LogP contribution in [0.4, 0.5) is 0 Å². The molecular formula is C41H59N3O2S. The minimum absolute atomic E-state index is 0.0263. The van der Waals surface area contributed by atoms with E-state index in [1.807, 2.05) is 6.20 Å². The number of H-pyrrole nitrogens is 1. The molecule has 1 aliphatic heterocycles. The number of imidazole rings is 1. The van der Waals surface area contributed by atoms with Gasteiger partial charge in [-0.3, -0.25) is 4.79 Å². The fraction of sp³-hybridized carbons (Fsp3) is 0.756. The van der Waals surface area contributed by atoms with Gasteiger partial charge in [0.05, 0.1) is 34.3 Å². The van der Waals surface area contributed by atoms with Crippen molar-refractivity contribution in [2.24, 2.45) is 56.7 Å². The zero-order chi connectivity index (χ0) is 33.1. The molecule has 0 spiro atoms. The molecule has 2 aromatic heterocycles. The Balaban J connectivity index is 1.13. The van der Waals surface area contributed by atoms with Crippen LogP contribution >= 0.6 is 11.3 Å². The third-order valence-corrected chi connectivity index (χ3v) is 17.6. The predicted octanol–water partition coefficient (Wildman–Crippen LogP) is 9.82. The van der Waals surface area contributed by atoms with Crippen molar-refractivity contribution in [2.75, 3.05) is 6.54 Å². The summed E-state index contributed by atoms with van der Waals surface area (Å²) in [4.78, 5) is 27.3. The van der Waals surface area contributed by atoms with Crippen LogP contribution in [0.3, 0.4) is 0 Å². The fourth-order valence-electron chi connectivity index (χ4n) is 14.1. The van der Waals surface area contributed by atoms with Gasteiger partial charge in [0, 0.05) is 6.54 Å². The summed E-state index contributed by atoms with van der Waals surface area (Å²) in [5, 5.41) is 13.2. The highest BCUT2D eigenvalue weighted by Gasteiger charge is 2.72. The van der Waals surface area contributed by atoms with Gasteiger partial charge in [-0.15, -0.1) is 11.3 Å². The van der Waals surface area contributed by atoms with E-state index in [9.17, 15) is 5.11 Å². The van der Waals surface area contributed by atoms with Gasteiger partial charge in [0.2, 0.25) is 5.91 Å². The van der Waals surface area contributed by atoms with E-state index in [4.69, 9.17) is 4.98 Å². The number of carbonyl (C=O) groups excluding carboxylic acids is 1. The summed E-state index contributed by atoms with van der Waals surface area (Å²) in [6, 6.07) is 4.26. The molecule has 47 heavy (non-hydrogen) atoms. The molecule has 5 aliphatic carbocycles. The van der Waals surface area contributed by atoms with Gasteiger partial charge in [0.15, 0.2) is 0 Å². The van der Waals surface area contributed by atoms with Crippen molar-refractivity contribution in [1.82, 2.24) is 14.9 Å². The third kappa shape index (κ3) is 4.28. The Morgan fingerprint density at radius 1 is 0.979 bits per heavy atom. The number of hydrogen-bond acceptors (Lipinski definition) is 4. The molecule has 1 amide bonds. The van der Waals surface area contributed by atoms with E-state index in [2.05, 4.69) is 75.5 Å². The molecule has 2 unspecified atom stereocenters. The first-order chi connectivity index (χ1) is 22.3. The molecule has 6 fully saturated rings. The van der Waals surface area contributed by atoms with Crippen molar-refractivity contribution in [3.8, 4) is 10.6 Å². The molecule has 5 saturated carbocycles. The number of aromatic amines is 1. The second kappa shape index (κ2) is 10.8. The highest BCUT2D eigenvalue weighted by molar-refractivity contribution is 7.13. The van der Waals surface area contributed by atoms with Gasteiger partial charge in [0.1, 0.15) is 5.82 Å².